The van der Waals surface area contributed by atoms with E-state index in [4.69, 9.17) is 22.6 Å². The average molecular weight is 291 g/mol. The predicted molar refractivity (Wildman–Crippen MR) is 72.7 cm³/mol. The summed E-state index contributed by atoms with van der Waals surface area (Å²) < 4.78 is 13.2. The second kappa shape index (κ2) is 5.55. The van der Waals surface area contributed by atoms with Crippen LogP contribution in [0.3, 0.4) is 0 Å². The molecule has 2 aromatic rings. The minimum Gasteiger partial charge on any atom is -0.397 e. The number of nitriles is 1. The van der Waals surface area contributed by atoms with Crippen molar-refractivity contribution in [2.75, 3.05) is 11.1 Å². The number of nitrogens with zero attached hydrogens (tertiary/aromatic N) is 2. The molecule has 0 spiro atoms. The van der Waals surface area contributed by atoms with Gasteiger partial charge in [-0.05, 0) is 24.3 Å². The molecule has 0 saturated carbocycles. The molecule has 0 saturated heterocycles. The number of carbonyl (C=O) groups excluding carboxylic acids is 1. The number of amides is 1. The van der Waals surface area contributed by atoms with Crippen LogP contribution in [-0.2, 0) is 0 Å². The van der Waals surface area contributed by atoms with E-state index in [1.54, 1.807) is 6.07 Å². The number of rotatable bonds is 2. The molecule has 3 N–H and O–H groups in total. The van der Waals surface area contributed by atoms with Gasteiger partial charge in [0.15, 0.2) is 0 Å². The zero-order valence-electron chi connectivity index (χ0n) is 10.0. The summed E-state index contributed by atoms with van der Waals surface area (Å²) in [7, 11) is 0. The van der Waals surface area contributed by atoms with Gasteiger partial charge in [0.25, 0.3) is 5.91 Å². The molecule has 5 nitrogen and oxygen atoms in total. The summed E-state index contributed by atoms with van der Waals surface area (Å²) in [5, 5.41) is 11.2. The summed E-state index contributed by atoms with van der Waals surface area (Å²) in [6, 6.07) is 6.71. The van der Waals surface area contributed by atoms with Crippen molar-refractivity contribution in [2.45, 2.75) is 0 Å². The van der Waals surface area contributed by atoms with Gasteiger partial charge in [0.05, 0.1) is 23.0 Å². The zero-order chi connectivity index (χ0) is 14.7. The van der Waals surface area contributed by atoms with Crippen LogP contribution < -0.4 is 11.1 Å². The molecule has 100 valence electrons. The number of hydrogen-bond acceptors (Lipinski definition) is 4. The quantitative estimate of drug-likeness (QED) is 0.832. The lowest BCUT2D eigenvalue weighted by molar-refractivity contribution is 0.102. The molecule has 1 aromatic heterocycles. The highest BCUT2D eigenvalue weighted by atomic mass is 35.5. The van der Waals surface area contributed by atoms with Crippen molar-refractivity contribution in [2.24, 2.45) is 0 Å². The van der Waals surface area contributed by atoms with Gasteiger partial charge in [0, 0.05) is 5.69 Å². The van der Waals surface area contributed by atoms with Gasteiger partial charge in [-0.1, -0.05) is 11.6 Å². The van der Waals surface area contributed by atoms with E-state index < -0.39 is 11.7 Å². The van der Waals surface area contributed by atoms with Crippen molar-refractivity contribution < 1.29 is 9.18 Å². The highest BCUT2D eigenvalue weighted by Gasteiger charge is 2.13. The van der Waals surface area contributed by atoms with E-state index in [1.165, 1.54) is 24.4 Å². The third-order valence-corrected chi connectivity index (χ3v) is 2.75. The maximum Gasteiger partial charge on any atom is 0.258 e. The van der Waals surface area contributed by atoms with Gasteiger partial charge in [0.2, 0.25) is 0 Å². The van der Waals surface area contributed by atoms with E-state index in [2.05, 4.69) is 10.3 Å². The lowest BCUT2D eigenvalue weighted by atomic mass is 10.2. The molecule has 0 bridgehead atoms. The molecular formula is C13H8ClFN4O. The standard InChI is InChI=1S/C13H8ClFN4O/c14-12-10(4-8(17)6-18-12)13(20)19-9-1-2-11(15)7(3-9)5-16/h1-4,6H,17H2,(H,19,20). The molecule has 20 heavy (non-hydrogen) atoms. The molecule has 0 fully saturated rings. The van der Waals surface area contributed by atoms with Crippen molar-refractivity contribution >= 4 is 28.9 Å². The Hall–Kier alpha value is -2.65. The average Bonchev–Trinajstić information content (AvgIpc) is 2.43. The number of nitrogens with one attached hydrogen (secondary N) is 1. The molecule has 7 heteroatoms. The summed E-state index contributed by atoms with van der Waals surface area (Å²) in [6.45, 7) is 0. The largest absolute Gasteiger partial charge is 0.397 e. The lowest BCUT2D eigenvalue weighted by Crippen LogP contribution is -2.13. The van der Waals surface area contributed by atoms with Crippen LogP contribution in [-0.4, -0.2) is 10.9 Å². The monoisotopic (exact) mass is 290 g/mol. The third-order valence-electron chi connectivity index (χ3n) is 2.45. The molecule has 2 rings (SSSR count). The first-order valence-corrected chi connectivity index (χ1v) is 5.81. The second-order valence-electron chi connectivity index (χ2n) is 3.87. The molecule has 0 radical (unpaired) electrons. The fourth-order valence-corrected chi connectivity index (χ4v) is 1.70. The van der Waals surface area contributed by atoms with E-state index in [1.807, 2.05) is 0 Å². The summed E-state index contributed by atoms with van der Waals surface area (Å²) >= 11 is 5.80. The first-order chi connectivity index (χ1) is 9.51. The minimum absolute atomic E-state index is 0.000631. The maximum absolute atomic E-state index is 13.2. The summed E-state index contributed by atoms with van der Waals surface area (Å²) in [4.78, 5) is 15.8. The predicted octanol–water partition coefficient (Wildman–Crippen LogP) is 2.58. The Bertz CT molecular complexity index is 727. The van der Waals surface area contributed by atoms with Crippen LogP contribution in [0.4, 0.5) is 15.8 Å². The molecule has 0 atom stereocenters. The maximum atomic E-state index is 13.2. The Balaban J connectivity index is 2.28. The van der Waals surface area contributed by atoms with Gasteiger partial charge in [0.1, 0.15) is 17.0 Å². The highest BCUT2D eigenvalue weighted by molar-refractivity contribution is 6.33. The third kappa shape index (κ3) is 2.84. The van der Waals surface area contributed by atoms with E-state index in [-0.39, 0.29) is 27.7 Å². The Kier molecular flexibility index (Phi) is 3.82. The molecule has 0 aliphatic carbocycles. The number of anilines is 2. The second-order valence-corrected chi connectivity index (χ2v) is 4.23. The molecule has 1 amide bonds. The molecule has 1 aromatic carbocycles. The smallest absolute Gasteiger partial charge is 0.258 e. The normalized spacial score (nSPS) is 9.85. The van der Waals surface area contributed by atoms with Crippen molar-refractivity contribution in [3.05, 3.63) is 52.6 Å². The number of pyridine rings is 1. The highest BCUT2D eigenvalue weighted by Crippen LogP contribution is 2.19. The molecule has 0 aliphatic heterocycles. The van der Waals surface area contributed by atoms with E-state index in [0.29, 0.717) is 0 Å². The van der Waals surface area contributed by atoms with E-state index >= 15 is 0 Å². The van der Waals surface area contributed by atoms with Crippen molar-refractivity contribution in [1.29, 1.82) is 5.26 Å². The minimum atomic E-state index is -0.658. The molecular weight excluding hydrogens is 283 g/mol. The number of nitrogen functional groups attached to an aromatic ring is 1. The number of halogens is 2. The Morgan fingerprint density at radius 3 is 2.90 bits per heavy atom. The van der Waals surface area contributed by atoms with Crippen LogP contribution in [0.15, 0.2) is 30.5 Å². The van der Waals surface area contributed by atoms with Crippen molar-refractivity contribution in [3.63, 3.8) is 0 Å². The lowest BCUT2D eigenvalue weighted by Gasteiger charge is -2.07. The van der Waals surface area contributed by atoms with Gasteiger partial charge in [-0.25, -0.2) is 9.37 Å². The van der Waals surface area contributed by atoms with Crippen LogP contribution in [0, 0.1) is 17.1 Å². The van der Waals surface area contributed by atoms with Crippen LogP contribution in [0.5, 0.6) is 0 Å². The zero-order valence-corrected chi connectivity index (χ0v) is 10.8. The number of carbonyl (C=O) groups is 1. The van der Waals surface area contributed by atoms with E-state index in [9.17, 15) is 9.18 Å². The number of nitrogens with two attached hydrogens (primary N) is 1. The van der Waals surface area contributed by atoms with Crippen LogP contribution in [0.2, 0.25) is 5.15 Å². The number of aromatic nitrogens is 1. The van der Waals surface area contributed by atoms with Crippen molar-refractivity contribution in [1.82, 2.24) is 4.98 Å². The van der Waals surface area contributed by atoms with Gasteiger partial charge >= 0.3 is 0 Å². The van der Waals surface area contributed by atoms with Gasteiger partial charge in [-0.2, -0.15) is 5.26 Å². The van der Waals surface area contributed by atoms with Gasteiger partial charge in [-0.3, -0.25) is 4.79 Å². The van der Waals surface area contributed by atoms with Crippen molar-refractivity contribution in [3.8, 4) is 6.07 Å². The number of benzene rings is 1. The summed E-state index contributed by atoms with van der Waals surface area (Å²) in [5.74, 6) is -1.21. The Morgan fingerprint density at radius 1 is 1.45 bits per heavy atom. The number of hydrogen-bond donors (Lipinski definition) is 2. The van der Waals surface area contributed by atoms with Crippen LogP contribution >= 0.6 is 11.6 Å². The SMILES string of the molecule is N#Cc1cc(NC(=O)c2cc(N)cnc2Cl)ccc1F. The summed E-state index contributed by atoms with van der Waals surface area (Å²) in [5.41, 5.74) is 6.01. The van der Waals surface area contributed by atoms with Gasteiger partial charge < -0.3 is 11.1 Å². The van der Waals surface area contributed by atoms with Gasteiger partial charge in [-0.15, -0.1) is 0 Å². The summed E-state index contributed by atoms with van der Waals surface area (Å²) in [6.07, 6.45) is 1.32. The molecule has 0 aliphatic rings. The molecule has 0 unspecified atom stereocenters. The fraction of sp³-hybridized carbons (Fsp3) is 0. The fourth-order valence-electron chi connectivity index (χ4n) is 1.51. The first-order valence-electron chi connectivity index (χ1n) is 5.43. The van der Waals surface area contributed by atoms with Crippen LogP contribution in [0.1, 0.15) is 15.9 Å². The first kappa shape index (κ1) is 13.8. The van der Waals surface area contributed by atoms with Crippen LogP contribution in [0.25, 0.3) is 0 Å². The Morgan fingerprint density at radius 2 is 2.20 bits per heavy atom. The Labute approximate surface area is 118 Å². The van der Waals surface area contributed by atoms with E-state index in [0.717, 1.165) is 6.07 Å². The topological polar surface area (TPSA) is 91.8 Å². The molecule has 1 heterocycles.